The maximum absolute atomic E-state index is 13.6. The SMILES string of the molecule is COc1cc2c(cc1OCc1ccncc1)C(c1ccc(Cl)cc1)N(c1ccc(N(C)C)cc1)C(=O)C2. The van der Waals surface area contributed by atoms with Gasteiger partial charge >= 0.3 is 0 Å². The van der Waals surface area contributed by atoms with E-state index in [1.54, 1.807) is 19.5 Å². The standard InChI is InChI=1S/C30H28ClN3O3/c1-33(2)24-8-10-25(11-9-24)34-29(35)17-22-16-27(36-3)28(37-19-20-12-14-32-15-13-20)18-26(22)30(34)21-4-6-23(31)7-5-21/h4-16,18,30H,17,19H2,1-3H3. The first-order valence-corrected chi connectivity index (χ1v) is 12.4. The zero-order valence-electron chi connectivity index (χ0n) is 21.0. The third kappa shape index (κ3) is 5.11. The zero-order valence-corrected chi connectivity index (χ0v) is 21.8. The Morgan fingerprint density at radius 3 is 2.32 bits per heavy atom. The molecule has 0 fully saturated rings. The minimum atomic E-state index is -0.354. The topological polar surface area (TPSA) is 54.9 Å². The van der Waals surface area contributed by atoms with Crippen molar-refractivity contribution in [2.75, 3.05) is 31.0 Å². The van der Waals surface area contributed by atoms with E-state index < -0.39 is 0 Å². The Kier molecular flexibility index (Phi) is 7.01. The van der Waals surface area contributed by atoms with E-state index in [0.717, 1.165) is 33.6 Å². The van der Waals surface area contributed by atoms with Crippen molar-refractivity contribution < 1.29 is 14.3 Å². The van der Waals surface area contributed by atoms with Gasteiger partial charge in [-0.15, -0.1) is 0 Å². The Morgan fingerprint density at radius 2 is 1.68 bits per heavy atom. The molecule has 6 nitrogen and oxygen atoms in total. The molecule has 2 heterocycles. The minimum absolute atomic E-state index is 0.0116. The average Bonchev–Trinajstić information content (AvgIpc) is 2.92. The molecule has 1 aliphatic heterocycles. The van der Waals surface area contributed by atoms with Crippen LogP contribution in [0.4, 0.5) is 11.4 Å². The van der Waals surface area contributed by atoms with E-state index in [1.165, 1.54) is 0 Å². The van der Waals surface area contributed by atoms with Gasteiger partial charge in [-0.2, -0.15) is 0 Å². The molecule has 7 heteroatoms. The Hall–Kier alpha value is -4.03. The third-order valence-electron chi connectivity index (χ3n) is 6.56. The Bertz CT molecular complexity index is 1390. The van der Waals surface area contributed by atoms with E-state index in [-0.39, 0.29) is 18.4 Å². The van der Waals surface area contributed by atoms with Gasteiger partial charge in [0, 0.05) is 42.9 Å². The number of anilines is 2. The van der Waals surface area contributed by atoms with Crippen LogP contribution in [-0.2, 0) is 17.8 Å². The number of methoxy groups -OCH3 is 1. The van der Waals surface area contributed by atoms with Crippen LogP contribution in [0.3, 0.4) is 0 Å². The van der Waals surface area contributed by atoms with E-state index in [1.807, 2.05) is 96.7 Å². The van der Waals surface area contributed by atoms with Gasteiger partial charge in [0.2, 0.25) is 5.91 Å². The van der Waals surface area contributed by atoms with Crippen molar-refractivity contribution in [3.8, 4) is 11.5 Å². The quantitative estimate of drug-likeness (QED) is 0.300. The number of fused-ring (bicyclic) bond motifs is 1. The van der Waals surface area contributed by atoms with Crippen molar-refractivity contribution in [1.29, 1.82) is 0 Å². The van der Waals surface area contributed by atoms with Crippen LogP contribution >= 0.6 is 11.6 Å². The van der Waals surface area contributed by atoms with Gasteiger partial charge in [0.1, 0.15) is 6.61 Å². The van der Waals surface area contributed by atoms with Crippen LogP contribution in [0.1, 0.15) is 28.3 Å². The molecule has 1 amide bonds. The molecule has 0 saturated heterocycles. The fourth-order valence-corrected chi connectivity index (χ4v) is 4.77. The monoisotopic (exact) mass is 513 g/mol. The number of carbonyl (C=O) groups is 1. The summed E-state index contributed by atoms with van der Waals surface area (Å²) in [5.41, 5.74) is 5.76. The van der Waals surface area contributed by atoms with Crippen molar-refractivity contribution in [1.82, 2.24) is 4.98 Å². The number of hydrogen-bond acceptors (Lipinski definition) is 5. The maximum atomic E-state index is 13.6. The molecule has 37 heavy (non-hydrogen) atoms. The third-order valence-corrected chi connectivity index (χ3v) is 6.81. The number of pyridine rings is 1. The van der Waals surface area contributed by atoms with Gasteiger partial charge in [-0.05, 0) is 82.9 Å². The number of carbonyl (C=O) groups excluding carboxylic acids is 1. The van der Waals surface area contributed by atoms with E-state index >= 15 is 0 Å². The van der Waals surface area contributed by atoms with E-state index in [2.05, 4.69) is 4.98 Å². The van der Waals surface area contributed by atoms with Crippen LogP contribution in [0, 0.1) is 0 Å². The van der Waals surface area contributed by atoms with Gasteiger partial charge in [-0.3, -0.25) is 9.78 Å². The van der Waals surface area contributed by atoms with Gasteiger partial charge in [0.15, 0.2) is 11.5 Å². The molecule has 0 aliphatic carbocycles. The molecular weight excluding hydrogens is 486 g/mol. The number of rotatable bonds is 7. The Balaban J connectivity index is 1.61. The summed E-state index contributed by atoms with van der Waals surface area (Å²) in [7, 11) is 5.60. The Labute approximate surface area is 222 Å². The van der Waals surface area contributed by atoms with Crippen LogP contribution < -0.4 is 19.3 Å². The van der Waals surface area contributed by atoms with Gasteiger partial charge in [0.25, 0.3) is 0 Å². The summed E-state index contributed by atoms with van der Waals surface area (Å²) in [6, 6.07) is 23.1. The van der Waals surface area contributed by atoms with Gasteiger partial charge in [0.05, 0.1) is 19.6 Å². The molecule has 1 aromatic heterocycles. The first kappa shape index (κ1) is 24.7. The number of benzene rings is 3. The molecule has 1 aliphatic rings. The fraction of sp³-hybridized carbons (Fsp3) is 0.200. The lowest BCUT2D eigenvalue weighted by molar-refractivity contribution is -0.118. The van der Waals surface area contributed by atoms with Crippen LogP contribution in [0.2, 0.25) is 5.02 Å². The highest BCUT2D eigenvalue weighted by Crippen LogP contribution is 2.44. The van der Waals surface area contributed by atoms with Crippen molar-refractivity contribution in [3.63, 3.8) is 0 Å². The lowest BCUT2D eigenvalue weighted by atomic mass is 9.86. The van der Waals surface area contributed by atoms with Crippen LogP contribution in [-0.4, -0.2) is 32.1 Å². The summed E-state index contributed by atoms with van der Waals surface area (Å²) in [6.45, 7) is 0.373. The fourth-order valence-electron chi connectivity index (χ4n) is 4.65. The summed E-state index contributed by atoms with van der Waals surface area (Å²) in [5.74, 6) is 1.23. The van der Waals surface area contributed by atoms with Gasteiger partial charge in [-0.1, -0.05) is 23.7 Å². The van der Waals surface area contributed by atoms with E-state index in [9.17, 15) is 4.79 Å². The number of halogens is 1. The highest BCUT2D eigenvalue weighted by Gasteiger charge is 2.36. The molecule has 0 saturated carbocycles. The number of ether oxygens (including phenoxy) is 2. The predicted octanol–water partition coefficient (Wildman–Crippen LogP) is 6.07. The molecule has 0 spiro atoms. The second kappa shape index (κ2) is 10.5. The van der Waals surface area contributed by atoms with E-state index in [4.69, 9.17) is 21.1 Å². The minimum Gasteiger partial charge on any atom is -0.493 e. The number of hydrogen-bond donors (Lipinski definition) is 0. The molecular formula is C30H28ClN3O3. The van der Waals surface area contributed by atoms with Gasteiger partial charge in [-0.25, -0.2) is 0 Å². The number of aromatic nitrogens is 1. The van der Waals surface area contributed by atoms with Crippen LogP contribution in [0.15, 0.2) is 85.2 Å². The number of nitrogens with zero attached hydrogens (tertiary/aromatic N) is 3. The second-order valence-electron chi connectivity index (χ2n) is 9.15. The first-order chi connectivity index (χ1) is 17.9. The molecule has 0 radical (unpaired) electrons. The molecule has 0 bridgehead atoms. The summed E-state index contributed by atoms with van der Waals surface area (Å²) in [4.78, 5) is 21.6. The Morgan fingerprint density at radius 1 is 0.973 bits per heavy atom. The van der Waals surface area contributed by atoms with E-state index in [0.29, 0.717) is 23.1 Å². The molecule has 5 rings (SSSR count). The largest absolute Gasteiger partial charge is 0.493 e. The normalized spacial score (nSPS) is 14.8. The summed E-state index contributed by atoms with van der Waals surface area (Å²) >= 11 is 6.22. The zero-order chi connectivity index (χ0) is 25.9. The maximum Gasteiger partial charge on any atom is 0.232 e. The highest BCUT2D eigenvalue weighted by atomic mass is 35.5. The van der Waals surface area contributed by atoms with Crippen LogP contribution in [0.5, 0.6) is 11.5 Å². The molecule has 1 atom stereocenters. The van der Waals surface area contributed by atoms with Crippen molar-refractivity contribution in [2.45, 2.75) is 19.1 Å². The summed E-state index contributed by atoms with van der Waals surface area (Å²) in [6.07, 6.45) is 3.74. The second-order valence-corrected chi connectivity index (χ2v) is 9.59. The molecule has 3 aromatic carbocycles. The van der Waals surface area contributed by atoms with Crippen molar-refractivity contribution in [3.05, 3.63) is 112 Å². The summed E-state index contributed by atoms with van der Waals surface area (Å²) < 4.78 is 11.9. The highest BCUT2D eigenvalue weighted by molar-refractivity contribution is 6.30. The predicted molar refractivity (Wildman–Crippen MR) is 147 cm³/mol. The van der Waals surface area contributed by atoms with Crippen molar-refractivity contribution >= 4 is 28.9 Å². The molecule has 0 N–H and O–H groups in total. The molecule has 188 valence electrons. The molecule has 1 unspecified atom stereocenters. The van der Waals surface area contributed by atoms with Crippen molar-refractivity contribution in [2.24, 2.45) is 0 Å². The number of amides is 1. The lowest BCUT2D eigenvalue weighted by Gasteiger charge is -2.38. The first-order valence-electron chi connectivity index (χ1n) is 12.0. The summed E-state index contributed by atoms with van der Waals surface area (Å²) in [5, 5.41) is 0.643. The average molecular weight is 514 g/mol. The lowest BCUT2D eigenvalue weighted by Crippen LogP contribution is -2.41. The molecule has 4 aromatic rings. The van der Waals surface area contributed by atoms with Gasteiger partial charge < -0.3 is 19.3 Å². The smallest absolute Gasteiger partial charge is 0.232 e. The van der Waals surface area contributed by atoms with Crippen LogP contribution in [0.25, 0.3) is 0 Å².